The summed E-state index contributed by atoms with van der Waals surface area (Å²) in [6.07, 6.45) is 0.0627. The third kappa shape index (κ3) is 11.3. The number of hydrogen-bond acceptors (Lipinski definition) is 8. The van der Waals surface area contributed by atoms with Crippen molar-refractivity contribution in [2.24, 2.45) is 23.7 Å². The molecule has 1 unspecified atom stereocenters. The van der Waals surface area contributed by atoms with Gasteiger partial charge in [0.2, 0.25) is 29.9 Å². The van der Waals surface area contributed by atoms with Crippen molar-refractivity contribution in [1.29, 1.82) is 0 Å². The smallest absolute Gasteiger partial charge is 0.289 e. The highest BCUT2D eigenvalue weighted by Crippen LogP contribution is 2.36. The number of carbonyl (C=O) groups is 6. The van der Waals surface area contributed by atoms with E-state index in [2.05, 4.69) is 36.6 Å². The van der Waals surface area contributed by atoms with Crippen LogP contribution in [0.15, 0.2) is 18.6 Å². The summed E-state index contributed by atoms with van der Waals surface area (Å²) in [5, 5.41) is 12.6. The van der Waals surface area contributed by atoms with Crippen molar-refractivity contribution in [3.8, 4) is 0 Å². The summed E-state index contributed by atoms with van der Waals surface area (Å²) in [6, 6.07) is -3.95. The van der Waals surface area contributed by atoms with Crippen molar-refractivity contribution in [2.75, 3.05) is 6.54 Å². The Kier molecular flexibility index (Phi) is 13.6. The molecule has 0 aromatic carbocycles. The lowest BCUT2D eigenvalue weighted by Gasteiger charge is -2.28. The first-order valence-electron chi connectivity index (χ1n) is 15.9. The van der Waals surface area contributed by atoms with Crippen molar-refractivity contribution >= 4 is 35.3 Å². The molecule has 47 heavy (non-hydrogen) atoms. The van der Waals surface area contributed by atoms with E-state index in [1.165, 1.54) is 18.6 Å². The number of amides is 5. The Morgan fingerprint density at radius 1 is 0.872 bits per heavy atom. The molecule has 0 aliphatic heterocycles. The predicted octanol–water partition coefficient (Wildman–Crippen LogP) is 1.23. The number of carbonyl (C=O) groups excluding carboxylic acids is 6. The second-order valence-electron chi connectivity index (χ2n) is 12.8. The minimum absolute atomic E-state index is 0.0138. The van der Waals surface area contributed by atoms with E-state index < -0.39 is 90.2 Å². The van der Waals surface area contributed by atoms with Crippen LogP contribution in [-0.4, -0.2) is 88.6 Å². The zero-order chi connectivity index (χ0) is 34.8. The molecule has 0 saturated heterocycles. The average molecular weight is 668 g/mol. The largest absolute Gasteiger partial charge is 0.354 e. The molecule has 13 nitrogen and oxygen atoms in total. The average Bonchev–Trinajstić information content (AvgIpc) is 3.77. The topological polar surface area (TPSA) is 188 Å². The van der Waals surface area contributed by atoms with Crippen molar-refractivity contribution in [3.05, 3.63) is 24.3 Å². The summed E-state index contributed by atoms with van der Waals surface area (Å²) >= 11 is 0. The van der Waals surface area contributed by atoms with Gasteiger partial charge in [-0.1, -0.05) is 27.7 Å². The highest BCUT2D eigenvalue weighted by molar-refractivity contribution is 6.38. The van der Waals surface area contributed by atoms with Gasteiger partial charge in [-0.3, -0.25) is 33.8 Å². The lowest BCUT2D eigenvalue weighted by atomic mass is 9.91. The molecule has 0 radical (unpaired) electrons. The molecule has 0 bridgehead atoms. The first-order chi connectivity index (χ1) is 22.2. The number of alkyl halides is 3. The van der Waals surface area contributed by atoms with Crippen LogP contribution in [0.2, 0.25) is 0 Å². The maximum Gasteiger partial charge on any atom is 0.289 e. The lowest BCUT2D eigenvalue weighted by molar-refractivity contribution is -0.140. The van der Waals surface area contributed by atoms with Gasteiger partial charge in [-0.25, -0.2) is 18.2 Å². The zero-order valence-electron chi connectivity index (χ0n) is 26.9. The van der Waals surface area contributed by atoms with Crippen molar-refractivity contribution in [2.45, 2.75) is 103 Å². The van der Waals surface area contributed by atoms with Gasteiger partial charge < -0.3 is 26.6 Å². The highest BCUT2D eigenvalue weighted by Gasteiger charge is 2.40. The predicted molar refractivity (Wildman–Crippen MR) is 162 cm³/mol. The molecule has 5 N–H and O–H groups in total. The number of rotatable bonds is 17. The van der Waals surface area contributed by atoms with Crippen molar-refractivity contribution in [1.82, 2.24) is 36.6 Å². The summed E-state index contributed by atoms with van der Waals surface area (Å²) in [6.45, 7) is 6.68. The van der Waals surface area contributed by atoms with Crippen LogP contribution in [0.5, 0.6) is 0 Å². The Labute approximate surface area is 271 Å². The molecule has 5 amide bonds. The van der Waals surface area contributed by atoms with Crippen LogP contribution in [0.3, 0.4) is 0 Å². The number of Topliss-reactive ketones (excluding diaryl/α,β-unsaturated/α-hetero) is 1. The monoisotopic (exact) mass is 667 g/mol. The maximum atomic E-state index is 15.0. The van der Waals surface area contributed by atoms with Gasteiger partial charge in [0.1, 0.15) is 30.0 Å². The van der Waals surface area contributed by atoms with Crippen LogP contribution < -0.4 is 26.6 Å². The Morgan fingerprint density at radius 2 is 1.53 bits per heavy atom. The van der Waals surface area contributed by atoms with Gasteiger partial charge in [0.05, 0.1) is 6.20 Å². The molecule has 0 spiro atoms. The quantitative estimate of drug-likeness (QED) is 0.153. The molecule has 3 rings (SSSR count). The van der Waals surface area contributed by atoms with Gasteiger partial charge in [0.15, 0.2) is 0 Å². The van der Waals surface area contributed by atoms with Gasteiger partial charge in [-0.15, -0.1) is 0 Å². The normalized spacial score (nSPS) is 21.1. The van der Waals surface area contributed by atoms with E-state index in [0.29, 0.717) is 12.8 Å². The first kappa shape index (κ1) is 37.3. The standard InChI is InChI=1S/C31H44F3N7O6/c1-15(2)25(41-30(46)26(16(3)4)40-28(44)22-14-35-9-10-36-22)29(45)37-13-19-17(5-8-20(19)32)11-24(42)39-21(12-23(33)34)27(43)31(47)38-18-6-7-18/h9-10,14-21,23,25-26H,5-8,11-13H2,1-4H3,(H,37,45)(H,38,47)(H,39,42)(H,40,44)(H,41,46)/t17-,19+,20+,21?,25+,26-/m1/s1. The molecule has 6 atom stereocenters. The van der Waals surface area contributed by atoms with Crippen LogP contribution in [0.25, 0.3) is 0 Å². The molecular weight excluding hydrogens is 623 g/mol. The van der Waals surface area contributed by atoms with E-state index >= 15 is 0 Å². The summed E-state index contributed by atoms with van der Waals surface area (Å²) in [5.41, 5.74) is 0.0138. The molecule has 1 heterocycles. The molecule has 260 valence electrons. The van der Waals surface area contributed by atoms with Gasteiger partial charge in [-0.2, -0.15) is 0 Å². The van der Waals surface area contributed by atoms with E-state index in [1.54, 1.807) is 27.7 Å². The van der Waals surface area contributed by atoms with Gasteiger partial charge >= 0.3 is 0 Å². The number of nitrogens with one attached hydrogen (secondary N) is 5. The third-order valence-electron chi connectivity index (χ3n) is 8.32. The van der Waals surface area contributed by atoms with E-state index in [1.807, 2.05) is 0 Å². The number of nitrogens with zero attached hydrogens (tertiary/aromatic N) is 2. The molecule has 1 aromatic rings. The minimum atomic E-state index is -2.96. The summed E-state index contributed by atoms with van der Waals surface area (Å²) in [4.78, 5) is 84.3. The molecule has 2 fully saturated rings. The van der Waals surface area contributed by atoms with Crippen molar-refractivity contribution in [3.63, 3.8) is 0 Å². The van der Waals surface area contributed by atoms with E-state index in [0.717, 1.165) is 0 Å². The van der Waals surface area contributed by atoms with Gasteiger partial charge in [-0.05, 0) is 43.4 Å². The SMILES string of the molecule is CC(C)[C@H](NC(=O)[C@H](NC(=O)c1cnccn1)C(C)C)C(=O)NC[C@H]1[C@@H](CC(=O)NC(CC(F)F)C(=O)C(=O)NC2CC2)CC[C@@H]1F. The Hall–Kier alpha value is -4.11. The van der Waals surface area contributed by atoms with Gasteiger partial charge in [0.25, 0.3) is 11.8 Å². The molecule has 1 aromatic heterocycles. The van der Waals surface area contributed by atoms with Crippen LogP contribution in [-0.2, 0) is 24.0 Å². The second-order valence-corrected chi connectivity index (χ2v) is 12.8. The Bertz CT molecular complexity index is 1280. The second kappa shape index (κ2) is 17.2. The third-order valence-corrected chi connectivity index (χ3v) is 8.32. The van der Waals surface area contributed by atoms with Crippen molar-refractivity contribution < 1.29 is 41.9 Å². The Balaban J connectivity index is 1.58. The zero-order valence-corrected chi connectivity index (χ0v) is 26.9. The highest BCUT2D eigenvalue weighted by atomic mass is 19.3. The van der Waals surface area contributed by atoms with E-state index in [9.17, 15) is 41.9 Å². The fourth-order valence-electron chi connectivity index (χ4n) is 5.46. The van der Waals surface area contributed by atoms with Crippen LogP contribution in [0, 0.1) is 23.7 Å². The minimum Gasteiger partial charge on any atom is -0.354 e. The van der Waals surface area contributed by atoms with E-state index in [-0.39, 0.29) is 43.5 Å². The fraction of sp³-hybridized carbons (Fsp3) is 0.677. The first-order valence-corrected chi connectivity index (χ1v) is 15.9. The summed E-state index contributed by atoms with van der Waals surface area (Å²) < 4.78 is 41.3. The summed E-state index contributed by atoms with van der Waals surface area (Å²) in [7, 11) is 0. The molecule has 16 heteroatoms. The Morgan fingerprint density at radius 3 is 2.11 bits per heavy atom. The molecule has 2 aliphatic rings. The summed E-state index contributed by atoms with van der Waals surface area (Å²) in [5.74, 6) is -6.94. The number of ketones is 1. The van der Waals surface area contributed by atoms with E-state index in [4.69, 9.17) is 0 Å². The van der Waals surface area contributed by atoms with Crippen LogP contribution >= 0.6 is 0 Å². The lowest BCUT2D eigenvalue weighted by Crippen LogP contribution is -2.57. The van der Waals surface area contributed by atoms with Crippen LogP contribution in [0.4, 0.5) is 13.2 Å². The molecular formula is C31H44F3N7O6. The maximum absolute atomic E-state index is 15.0. The molecule has 2 aliphatic carbocycles. The number of aromatic nitrogens is 2. The van der Waals surface area contributed by atoms with Gasteiger partial charge in [0, 0.05) is 43.7 Å². The number of halogens is 3. The number of hydrogen-bond donors (Lipinski definition) is 5. The van der Waals surface area contributed by atoms with Crippen LogP contribution in [0.1, 0.15) is 76.7 Å². The molecule has 2 saturated carbocycles. The fourth-order valence-corrected chi connectivity index (χ4v) is 5.46.